The zero-order valence-electron chi connectivity index (χ0n) is 11.4. The van der Waals surface area contributed by atoms with Crippen molar-refractivity contribution in [2.24, 2.45) is 0 Å². The van der Waals surface area contributed by atoms with Gasteiger partial charge in [-0.25, -0.2) is 9.97 Å². The van der Waals surface area contributed by atoms with Crippen LogP contribution in [0, 0.1) is 0 Å². The van der Waals surface area contributed by atoms with E-state index in [1.807, 2.05) is 23.6 Å². The number of nitrogens with zero attached hydrogens (tertiary/aromatic N) is 2. The van der Waals surface area contributed by atoms with Crippen molar-refractivity contribution in [1.82, 2.24) is 9.97 Å². The standard InChI is InChI=1S/C15H8Cl3N3OS/c16-9-4-2-1-3-8(9)11-7-23-15(19-11)21-14(22)13-10(17)5-6-12(18)20-13/h1-7H,(H,19,21,22). The summed E-state index contributed by atoms with van der Waals surface area (Å²) in [5.41, 5.74) is 1.53. The first-order chi connectivity index (χ1) is 11.0. The highest BCUT2D eigenvalue weighted by molar-refractivity contribution is 7.14. The minimum atomic E-state index is -0.474. The average molecular weight is 385 g/mol. The fourth-order valence-corrected chi connectivity index (χ4v) is 3.13. The maximum absolute atomic E-state index is 12.2. The molecule has 3 aromatic rings. The Morgan fingerprint density at radius 3 is 2.57 bits per heavy atom. The van der Waals surface area contributed by atoms with Gasteiger partial charge in [-0.3, -0.25) is 10.1 Å². The van der Waals surface area contributed by atoms with E-state index in [2.05, 4.69) is 15.3 Å². The van der Waals surface area contributed by atoms with Crippen molar-refractivity contribution in [2.75, 3.05) is 5.32 Å². The molecule has 2 aromatic heterocycles. The molecule has 0 aliphatic rings. The monoisotopic (exact) mass is 383 g/mol. The minimum absolute atomic E-state index is 0.0497. The molecule has 0 unspecified atom stereocenters. The normalized spacial score (nSPS) is 10.6. The van der Waals surface area contributed by atoms with Crippen molar-refractivity contribution in [3.05, 3.63) is 62.7 Å². The van der Waals surface area contributed by atoms with E-state index in [0.717, 1.165) is 5.56 Å². The van der Waals surface area contributed by atoms with E-state index >= 15 is 0 Å². The molecule has 1 aromatic carbocycles. The van der Waals surface area contributed by atoms with Crippen LogP contribution in [0.5, 0.6) is 0 Å². The molecule has 1 N–H and O–H groups in total. The number of carbonyl (C=O) groups is 1. The van der Waals surface area contributed by atoms with E-state index < -0.39 is 5.91 Å². The Hall–Kier alpha value is -1.66. The summed E-state index contributed by atoms with van der Waals surface area (Å²) in [4.78, 5) is 20.5. The summed E-state index contributed by atoms with van der Waals surface area (Å²) in [6.07, 6.45) is 0. The highest BCUT2D eigenvalue weighted by Crippen LogP contribution is 2.30. The van der Waals surface area contributed by atoms with E-state index in [1.165, 1.54) is 23.5 Å². The summed E-state index contributed by atoms with van der Waals surface area (Å²) < 4.78 is 0. The second kappa shape index (κ2) is 6.84. The first-order valence-electron chi connectivity index (χ1n) is 6.38. The van der Waals surface area contributed by atoms with Gasteiger partial charge in [0, 0.05) is 16.0 Å². The highest BCUT2D eigenvalue weighted by Gasteiger charge is 2.15. The van der Waals surface area contributed by atoms with Crippen LogP contribution in [-0.4, -0.2) is 15.9 Å². The number of aromatic nitrogens is 2. The molecule has 4 nitrogen and oxygen atoms in total. The number of amides is 1. The number of hydrogen-bond acceptors (Lipinski definition) is 4. The Morgan fingerprint density at radius 1 is 1.00 bits per heavy atom. The fourth-order valence-electron chi connectivity index (χ4n) is 1.86. The average Bonchev–Trinajstić information content (AvgIpc) is 2.98. The predicted octanol–water partition coefficient (Wildman–Crippen LogP) is 5.42. The van der Waals surface area contributed by atoms with Crippen LogP contribution >= 0.6 is 46.1 Å². The number of halogens is 3. The zero-order valence-corrected chi connectivity index (χ0v) is 14.5. The molecule has 23 heavy (non-hydrogen) atoms. The van der Waals surface area contributed by atoms with Crippen LogP contribution in [0.15, 0.2) is 41.8 Å². The molecule has 0 radical (unpaired) electrons. The summed E-state index contributed by atoms with van der Waals surface area (Å²) in [6.45, 7) is 0. The zero-order chi connectivity index (χ0) is 16.4. The van der Waals surface area contributed by atoms with Gasteiger partial charge in [0.25, 0.3) is 5.91 Å². The van der Waals surface area contributed by atoms with E-state index in [1.54, 1.807) is 6.07 Å². The van der Waals surface area contributed by atoms with E-state index in [9.17, 15) is 4.79 Å². The molecular weight excluding hydrogens is 377 g/mol. The third-order valence-corrected chi connectivity index (χ3v) is 4.50. The van der Waals surface area contributed by atoms with Gasteiger partial charge in [-0.05, 0) is 18.2 Å². The molecule has 0 spiro atoms. The Morgan fingerprint density at radius 2 is 1.78 bits per heavy atom. The van der Waals surface area contributed by atoms with Crippen LogP contribution < -0.4 is 5.32 Å². The predicted molar refractivity (Wildman–Crippen MR) is 94.8 cm³/mol. The molecular formula is C15H8Cl3N3OS. The van der Waals surface area contributed by atoms with Gasteiger partial charge >= 0.3 is 0 Å². The molecule has 0 aliphatic carbocycles. The molecule has 0 saturated heterocycles. The lowest BCUT2D eigenvalue weighted by molar-refractivity contribution is 0.102. The summed E-state index contributed by atoms with van der Waals surface area (Å²) >= 11 is 19.2. The van der Waals surface area contributed by atoms with E-state index in [4.69, 9.17) is 34.8 Å². The van der Waals surface area contributed by atoms with Crippen molar-refractivity contribution in [3.63, 3.8) is 0 Å². The Bertz CT molecular complexity index is 882. The third-order valence-electron chi connectivity index (χ3n) is 2.90. The summed E-state index contributed by atoms with van der Waals surface area (Å²) in [5.74, 6) is -0.474. The van der Waals surface area contributed by atoms with Gasteiger partial charge in [0.15, 0.2) is 5.13 Å². The molecule has 3 rings (SSSR count). The van der Waals surface area contributed by atoms with Gasteiger partial charge in [0.05, 0.1) is 10.7 Å². The molecule has 0 bridgehead atoms. The molecule has 1 amide bonds. The van der Waals surface area contributed by atoms with Crippen molar-refractivity contribution >= 4 is 57.2 Å². The third kappa shape index (κ3) is 3.64. The van der Waals surface area contributed by atoms with Gasteiger partial charge in [-0.1, -0.05) is 53.0 Å². The van der Waals surface area contributed by atoms with Gasteiger partial charge in [0.1, 0.15) is 10.8 Å². The van der Waals surface area contributed by atoms with Crippen molar-refractivity contribution in [1.29, 1.82) is 0 Å². The van der Waals surface area contributed by atoms with Crippen LogP contribution in [0.2, 0.25) is 15.2 Å². The summed E-state index contributed by atoms with van der Waals surface area (Å²) in [5, 5.41) is 5.88. The molecule has 2 heterocycles. The number of carbonyl (C=O) groups excluding carboxylic acids is 1. The van der Waals surface area contributed by atoms with Gasteiger partial charge in [0.2, 0.25) is 0 Å². The first kappa shape index (κ1) is 16.2. The van der Waals surface area contributed by atoms with E-state index in [-0.39, 0.29) is 15.9 Å². The Labute approximate surface area is 151 Å². The number of anilines is 1. The molecule has 8 heteroatoms. The fraction of sp³-hybridized carbons (Fsp3) is 0. The molecule has 0 aliphatic heterocycles. The lowest BCUT2D eigenvalue weighted by Crippen LogP contribution is -2.14. The lowest BCUT2D eigenvalue weighted by Gasteiger charge is -2.03. The van der Waals surface area contributed by atoms with Crippen LogP contribution in [0.4, 0.5) is 5.13 Å². The van der Waals surface area contributed by atoms with E-state index in [0.29, 0.717) is 15.8 Å². The number of rotatable bonds is 3. The van der Waals surface area contributed by atoms with Crippen molar-refractivity contribution < 1.29 is 4.79 Å². The largest absolute Gasteiger partial charge is 0.296 e. The lowest BCUT2D eigenvalue weighted by atomic mass is 10.2. The van der Waals surface area contributed by atoms with Crippen LogP contribution in [0.1, 0.15) is 10.5 Å². The quantitative estimate of drug-likeness (QED) is 0.614. The Kier molecular flexibility index (Phi) is 4.82. The van der Waals surface area contributed by atoms with Crippen molar-refractivity contribution in [3.8, 4) is 11.3 Å². The van der Waals surface area contributed by atoms with Gasteiger partial charge in [-0.15, -0.1) is 11.3 Å². The summed E-state index contributed by atoms with van der Waals surface area (Å²) in [7, 11) is 0. The maximum atomic E-state index is 12.2. The molecule has 0 saturated carbocycles. The SMILES string of the molecule is O=C(Nc1nc(-c2ccccc2Cl)cs1)c1nc(Cl)ccc1Cl. The Balaban J connectivity index is 1.83. The topological polar surface area (TPSA) is 54.9 Å². The number of nitrogens with one attached hydrogen (secondary N) is 1. The number of pyridine rings is 1. The van der Waals surface area contributed by atoms with Gasteiger partial charge < -0.3 is 0 Å². The first-order valence-corrected chi connectivity index (χ1v) is 8.40. The highest BCUT2D eigenvalue weighted by atomic mass is 35.5. The smallest absolute Gasteiger partial charge is 0.277 e. The van der Waals surface area contributed by atoms with Crippen LogP contribution in [-0.2, 0) is 0 Å². The maximum Gasteiger partial charge on any atom is 0.277 e. The number of hydrogen-bond donors (Lipinski definition) is 1. The summed E-state index contributed by atoms with van der Waals surface area (Å²) in [6, 6.07) is 10.4. The molecule has 0 atom stereocenters. The molecule has 0 fully saturated rings. The number of thiazole rings is 1. The second-order valence-electron chi connectivity index (χ2n) is 4.44. The second-order valence-corrected chi connectivity index (χ2v) is 6.50. The van der Waals surface area contributed by atoms with Crippen LogP contribution in [0.25, 0.3) is 11.3 Å². The molecule has 116 valence electrons. The van der Waals surface area contributed by atoms with Crippen LogP contribution in [0.3, 0.4) is 0 Å². The minimum Gasteiger partial charge on any atom is -0.296 e. The number of benzene rings is 1. The van der Waals surface area contributed by atoms with Gasteiger partial charge in [-0.2, -0.15) is 0 Å². The van der Waals surface area contributed by atoms with Crippen molar-refractivity contribution in [2.45, 2.75) is 0 Å².